The summed E-state index contributed by atoms with van der Waals surface area (Å²) < 4.78 is 38.1. The standard InChI is InChI=1S/C19H32N4O5S/c1-3-12-29(25,26)18-20-13-16(23(18)15-17-6-5-11-28-17)14-21-7-9-22(10-8-21)19(24)27-4-2/h13,17H,3-12,14-15H2,1-2H3/t17-/m1/s1. The molecular weight excluding hydrogens is 396 g/mol. The highest BCUT2D eigenvalue weighted by Gasteiger charge is 2.28. The van der Waals surface area contributed by atoms with Crippen LogP contribution in [0.2, 0.25) is 0 Å². The van der Waals surface area contributed by atoms with Crippen LogP contribution >= 0.6 is 0 Å². The van der Waals surface area contributed by atoms with E-state index in [4.69, 9.17) is 9.47 Å². The van der Waals surface area contributed by atoms with Crippen LogP contribution in [0.15, 0.2) is 11.4 Å². The molecule has 0 aromatic carbocycles. The predicted molar refractivity (Wildman–Crippen MR) is 107 cm³/mol. The number of hydrogen-bond donors (Lipinski definition) is 0. The first-order chi connectivity index (χ1) is 13.9. The van der Waals surface area contributed by atoms with Crippen molar-refractivity contribution in [1.29, 1.82) is 0 Å². The number of carbonyl (C=O) groups excluding carboxylic acids is 1. The van der Waals surface area contributed by atoms with Gasteiger partial charge in [0.15, 0.2) is 0 Å². The molecule has 0 N–H and O–H groups in total. The molecule has 3 rings (SSSR count). The van der Waals surface area contributed by atoms with E-state index in [-0.39, 0.29) is 23.1 Å². The van der Waals surface area contributed by atoms with Crippen molar-refractivity contribution < 1.29 is 22.7 Å². The van der Waals surface area contributed by atoms with Crippen LogP contribution in [0.3, 0.4) is 0 Å². The van der Waals surface area contributed by atoms with Crippen LogP contribution in [0.25, 0.3) is 0 Å². The van der Waals surface area contributed by atoms with Crippen LogP contribution < -0.4 is 0 Å². The largest absolute Gasteiger partial charge is 0.450 e. The molecule has 3 heterocycles. The van der Waals surface area contributed by atoms with Crippen LogP contribution in [-0.4, -0.2) is 85.1 Å². The Labute approximate surface area is 172 Å². The van der Waals surface area contributed by atoms with E-state index in [1.807, 2.05) is 11.5 Å². The first kappa shape index (κ1) is 22.0. The summed E-state index contributed by atoms with van der Waals surface area (Å²) in [5.74, 6) is 0.0905. The second kappa shape index (κ2) is 9.90. The molecule has 29 heavy (non-hydrogen) atoms. The van der Waals surface area contributed by atoms with Gasteiger partial charge in [-0.05, 0) is 26.2 Å². The molecule has 0 spiro atoms. The van der Waals surface area contributed by atoms with Crippen molar-refractivity contribution in [2.45, 2.75) is 57.5 Å². The number of piperazine rings is 1. The second-order valence-electron chi connectivity index (χ2n) is 7.56. The van der Waals surface area contributed by atoms with E-state index in [1.165, 1.54) is 0 Å². The third kappa shape index (κ3) is 5.49. The van der Waals surface area contributed by atoms with Crippen molar-refractivity contribution in [3.63, 3.8) is 0 Å². The van der Waals surface area contributed by atoms with E-state index in [9.17, 15) is 13.2 Å². The van der Waals surface area contributed by atoms with Gasteiger partial charge < -0.3 is 18.9 Å². The molecule has 2 fully saturated rings. The monoisotopic (exact) mass is 428 g/mol. The van der Waals surface area contributed by atoms with E-state index in [0.29, 0.717) is 52.3 Å². The molecule has 0 aliphatic carbocycles. The fourth-order valence-electron chi connectivity index (χ4n) is 3.85. The minimum Gasteiger partial charge on any atom is -0.450 e. The summed E-state index contributed by atoms with van der Waals surface area (Å²) in [5.41, 5.74) is 0.875. The molecule has 2 aliphatic rings. The number of rotatable bonds is 8. The third-order valence-corrected chi connectivity index (χ3v) is 7.17. The Morgan fingerprint density at radius 3 is 2.66 bits per heavy atom. The van der Waals surface area contributed by atoms with Crippen molar-refractivity contribution in [3.05, 3.63) is 11.9 Å². The SMILES string of the molecule is CCCS(=O)(=O)c1ncc(CN2CCN(C(=O)OCC)CC2)n1C[C@H]1CCCO1. The Morgan fingerprint density at radius 1 is 1.28 bits per heavy atom. The molecule has 9 nitrogen and oxygen atoms in total. The summed E-state index contributed by atoms with van der Waals surface area (Å²) >= 11 is 0. The van der Waals surface area contributed by atoms with E-state index in [0.717, 1.165) is 25.1 Å². The highest BCUT2D eigenvalue weighted by Crippen LogP contribution is 2.21. The Morgan fingerprint density at radius 2 is 2.03 bits per heavy atom. The first-order valence-electron chi connectivity index (χ1n) is 10.5. The summed E-state index contributed by atoms with van der Waals surface area (Å²) in [7, 11) is -3.42. The van der Waals surface area contributed by atoms with Crippen molar-refractivity contribution in [1.82, 2.24) is 19.4 Å². The molecule has 1 amide bonds. The number of carbonyl (C=O) groups is 1. The van der Waals surface area contributed by atoms with Crippen LogP contribution in [0, 0.1) is 0 Å². The maximum absolute atomic E-state index is 12.7. The zero-order chi connectivity index (χ0) is 20.9. The molecule has 0 bridgehead atoms. The number of nitrogens with zero attached hydrogens (tertiary/aromatic N) is 4. The van der Waals surface area contributed by atoms with Gasteiger partial charge in [-0.15, -0.1) is 0 Å². The lowest BCUT2D eigenvalue weighted by Crippen LogP contribution is -2.48. The van der Waals surface area contributed by atoms with Crippen LogP contribution in [0.5, 0.6) is 0 Å². The van der Waals surface area contributed by atoms with Crippen molar-refractivity contribution in [2.75, 3.05) is 45.1 Å². The summed E-state index contributed by atoms with van der Waals surface area (Å²) in [6, 6.07) is 0. The lowest BCUT2D eigenvalue weighted by molar-refractivity contribution is 0.0753. The van der Waals surface area contributed by atoms with Crippen molar-refractivity contribution in [2.24, 2.45) is 0 Å². The minimum absolute atomic E-state index is 0.0270. The minimum atomic E-state index is -3.42. The third-order valence-electron chi connectivity index (χ3n) is 5.35. The van der Waals surface area contributed by atoms with Gasteiger partial charge in [-0.25, -0.2) is 18.2 Å². The zero-order valence-electron chi connectivity index (χ0n) is 17.4. The Kier molecular flexibility index (Phi) is 7.53. The first-order valence-corrected chi connectivity index (χ1v) is 12.1. The second-order valence-corrected chi connectivity index (χ2v) is 9.56. The van der Waals surface area contributed by atoms with Gasteiger partial charge in [0.25, 0.3) is 0 Å². The molecule has 0 saturated carbocycles. The zero-order valence-corrected chi connectivity index (χ0v) is 18.2. The highest BCUT2D eigenvalue weighted by atomic mass is 32.2. The summed E-state index contributed by atoms with van der Waals surface area (Å²) in [6.07, 6.45) is 3.92. The van der Waals surface area contributed by atoms with E-state index < -0.39 is 9.84 Å². The molecule has 1 atom stereocenters. The predicted octanol–water partition coefficient (Wildman–Crippen LogP) is 1.52. The Hall–Kier alpha value is -1.65. The number of amides is 1. The fraction of sp³-hybridized carbons (Fsp3) is 0.789. The van der Waals surface area contributed by atoms with Gasteiger partial charge in [-0.2, -0.15) is 0 Å². The van der Waals surface area contributed by atoms with Gasteiger partial charge in [-0.1, -0.05) is 6.92 Å². The number of hydrogen-bond acceptors (Lipinski definition) is 7. The van der Waals surface area contributed by atoms with Gasteiger partial charge in [0.2, 0.25) is 15.0 Å². The van der Waals surface area contributed by atoms with Gasteiger partial charge >= 0.3 is 6.09 Å². The Bertz CT molecular complexity index is 781. The number of ether oxygens (including phenoxy) is 2. The molecule has 164 valence electrons. The average Bonchev–Trinajstić information content (AvgIpc) is 3.34. The van der Waals surface area contributed by atoms with Crippen molar-refractivity contribution in [3.8, 4) is 0 Å². The molecule has 10 heteroatoms. The molecule has 0 radical (unpaired) electrons. The number of imidazole rings is 1. The van der Waals surface area contributed by atoms with Crippen LogP contribution in [0.4, 0.5) is 4.79 Å². The highest BCUT2D eigenvalue weighted by molar-refractivity contribution is 7.91. The lowest BCUT2D eigenvalue weighted by Gasteiger charge is -2.34. The van der Waals surface area contributed by atoms with Gasteiger partial charge in [0, 0.05) is 39.3 Å². The molecular formula is C19H32N4O5S. The van der Waals surface area contributed by atoms with Crippen LogP contribution in [-0.2, 0) is 32.4 Å². The molecule has 2 aliphatic heterocycles. The molecule has 1 aromatic rings. The smallest absolute Gasteiger partial charge is 0.409 e. The quantitative estimate of drug-likeness (QED) is 0.620. The van der Waals surface area contributed by atoms with Crippen LogP contribution in [0.1, 0.15) is 38.8 Å². The summed E-state index contributed by atoms with van der Waals surface area (Å²) in [5, 5.41) is 0.148. The van der Waals surface area contributed by atoms with Gasteiger partial charge in [0.05, 0.1) is 36.9 Å². The van der Waals surface area contributed by atoms with Gasteiger partial charge in [0.1, 0.15) is 0 Å². The molecule has 0 unspecified atom stereocenters. The Balaban J connectivity index is 1.72. The molecule has 1 aromatic heterocycles. The fourth-order valence-corrected chi connectivity index (χ4v) is 5.31. The van der Waals surface area contributed by atoms with Gasteiger partial charge in [-0.3, -0.25) is 4.90 Å². The normalized spacial score (nSPS) is 20.9. The maximum Gasteiger partial charge on any atom is 0.409 e. The average molecular weight is 429 g/mol. The number of aromatic nitrogens is 2. The topological polar surface area (TPSA) is 94.0 Å². The van der Waals surface area contributed by atoms with E-state index >= 15 is 0 Å². The summed E-state index contributed by atoms with van der Waals surface area (Å²) in [4.78, 5) is 20.1. The van der Waals surface area contributed by atoms with E-state index in [1.54, 1.807) is 18.0 Å². The van der Waals surface area contributed by atoms with Crippen molar-refractivity contribution >= 4 is 15.9 Å². The molecule has 2 saturated heterocycles. The summed E-state index contributed by atoms with van der Waals surface area (Å²) in [6.45, 7) is 8.47. The lowest BCUT2D eigenvalue weighted by atomic mass is 10.2. The number of sulfone groups is 1. The van der Waals surface area contributed by atoms with E-state index in [2.05, 4.69) is 9.88 Å². The maximum atomic E-state index is 12.7.